The predicted octanol–water partition coefficient (Wildman–Crippen LogP) is 4.72. The van der Waals surface area contributed by atoms with Gasteiger partial charge in [-0.2, -0.15) is 0 Å². The van der Waals surface area contributed by atoms with Crippen LogP contribution in [0.15, 0.2) is 78.4 Å². The van der Waals surface area contributed by atoms with Crippen molar-refractivity contribution in [2.24, 2.45) is 0 Å². The van der Waals surface area contributed by atoms with E-state index in [2.05, 4.69) is 51.4 Å². The third-order valence-corrected chi connectivity index (χ3v) is 7.40. The molecular weight excluding hydrogens is 466 g/mol. The topological polar surface area (TPSA) is 61.4 Å². The van der Waals surface area contributed by atoms with Gasteiger partial charge in [-0.25, -0.2) is 4.98 Å². The minimum Gasteiger partial charge on any atom is -0.326 e. The molecule has 0 spiro atoms. The van der Waals surface area contributed by atoms with Crippen molar-refractivity contribution in [2.75, 3.05) is 38.5 Å². The molecule has 0 unspecified atom stereocenters. The molecule has 0 bridgehead atoms. The lowest BCUT2D eigenvalue weighted by Gasteiger charge is -2.32. The standard InChI is InChI=1S/C29H31N5OS/c1-33-13-15-34(16-14-33)20-24-3-2-4-25(18-24)29-32-27(21-36-29)19-28(35)31-26-7-5-22(6-8-26)17-23-9-11-30-12-10-23/h2-12,18,21H,13-17,19-20H2,1H3,(H,31,35). The molecule has 1 saturated heterocycles. The highest BCUT2D eigenvalue weighted by Crippen LogP contribution is 2.25. The Bertz CT molecular complexity index is 1280. The van der Waals surface area contributed by atoms with Crippen molar-refractivity contribution in [1.82, 2.24) is 19.8 Å². The van der Waals surface area contributed by atoms with E-state index in [9.17, 15) is 4.79 Å². The van der Waals surface area contributed by atoms with Gasteiger partial charge in [-0.1, -0.05) is 30.3 Å². The van der Waals surface area contributed by atoms with E-state index in [-0.39, 0.29) is 12.3 Å². The number of carbonyl (C=O) groups is 1. The maximum Gasteiger partial charge on any atom is 0.230 e. The van der Waals surface area contributed by atoms with Gasteiger partial charge in [0.2, 0.25) is 5.91 Å². The summed E-state index contributed by atoms with van der Waals surface area (Å²) in [4.78, 5) is 26.3. The first kappa shape index (κ1) is 24.3. The second-order valence-corrected chi connectivity index (χ2v) is 10.2. The summed E-state index contributed by atoms with van der Waals surface area (Å²) in [7, 11) is 2.18. The fourth-order valence-electron chi connectivity index (χ4n) is 4.40. The fourth-order valence-corrected chi connectivity index (χ4v) is 5.22. The molecule has 3 heterocycles. The van der Waals surface area contributed by atoms with Crippen molar-refractivity contribution >= 4 is 22.9 Å². The number of nitrogens with one attached hydrogen (secondary N) is 1. The van der Waals surface area contributed by atoms with E-state index >= 15 is 0 Å². The molecule has 7 heteroatoms. The van der Waals surface area contributed by atoms with E-state index in [1.165, 1.54) is 16.7 Å². The number of hydrogen-bond donors (Lipinski definition) is 1. The summed E-state index contributed by atoms with van der Waals surface area (Å²) in [5.41, 5.74) is 6.42. The Kier molecular flexibility index (Phi) is 7.81. The zero-order valence-corrected chi connectivity index (χ0v) is 21.4. The average Bonchev–Trinajstić information content (AvgIpc) is 3.36. The quantitative estimate of drug-likeness (QED) is 0.382. The van der Waals surface area contributed by atoms with E-state index in [1.807, 2.05) is 41.8 Å². The molecule has 1 N–H and O–H groups in total. The van der Waals surface area contributed by atoms with Crippen molar-refractivity contribution in [1.29, 1.82) is 0 Å². The predicted molar refractivity (Wildman–Crippen MR) is 146 cm³/mol. The van der Waals surface area contributed by atoms with Gasteiger partial charge in [0.1, 0.15) is 5.01 Å². The van der Waals surface area contributed by atoms with Crippen LogP contribution < -0.4 is 5.32 Å². The van der Waals surface area contributed by atoms with Gasteiger partial charge in [0, 0.05) is 61.7 Å². The molecule has 2 aromatic carbocycles. The minimum atomic E-state index is -0.0578. The van der Waals surface area contributed by atoms with Crippen LogP contribution in [-0.2, 0) is 24.2 Å². The lowest BCUT2D eigenvalue weighted by atomic mass is 10.1. The molecule has 2 aromatic heterocycles. The number of anilines is 1. The number of piperazine rings is 1. The van der Waals surface area contributed by atoms with Gasteiger partial charge < -0.3 is 10.2 Å². The Balaban J connectivity index is 1.15. The number of benzene rings is 2. The summed E-state index contributed by atoms with van der Waals surface area (Å²) < 4.78 is 0. The summed E-state index contributed by atoms with van der Waals surface area (Å²) in [6.45, 7) is 5.40. The van der Waals surface area contributed by atoms with Gasteiger partial charge in [-0.15, -0.1) is 11.3 Å². The lowest BCUT2D eigenvalue weighted by Crippen LogP contribution is -2.43. The number of hydrogen-bond acceptors (Lipinski definition) is 6. The van der Waals surface area contributed by atoms with Crippen LogP contribution in [0.25, 0.3) is 10.6 Å². The zero-order valence-electron chi connectivity index (χ0n) is 20.6. The molecule has 0 aliphatic carbocycles. The van der Waals surface area contributed by atoms with Crippen molar-refractivity contribution < 1.29 is 4.79 Å². The van der Waals surface area contributed by atoms with Crippen LogP contribution in [0.4, 0.5) is 5.69 Å². The molecule has 184 valence electrons. The fraction of sp³-hybridized carbons (Fsp3) is 0.276. The monoisotopic (exact) mass is 497 g/mol. The van der Waals surface area contributed by atoms with Gasteiger partial charge in [-0.05, 0) is 60.5 Å². The van der Waals surface area contributed by atoms with Crippen LogP contribution in [0.2, 0.25) is 0 Å². The Morgan fingerprint density at radius 3 is 2.47 bits per heavy atom. The maximum absolute atomic E-state index is 12.6. The number of nitrogens with zero attached hydrogens (tertiary/aromatic N) is 4. The number of pyridine rings is 1. The second-order valence-electron chi connectivity index (χ2n) is 9.38. The summed E-state index contributed by atoms with van der Waals surface area (Å²) >= 11 is 1.59. The Labute approximate surface area is 216 Å². The number of rotatable bonds is 8. The molecule has 0 radical (unpaired) electrons. The minimum absolute atomic E-state index is 0.0578. The maximum atomic E-state index is 12.6. The van der Waals surface area contributed by atoms with Gasteiger partial charge in [0.15, 0.2) is 0 Å². The first-order chi connectivity index (χ1) is 17.6. The van der Waals surface area contributed by atoms with Crippen molar-refractivity contribution in [3.05, 3.63) is 101 Å². The van der Waals surface area contributed by atoms with Crippen molar-refractivity contribution in [2.45, 2.75) is 19.4 Å². The molecule has 36 heavy (non-hydrogen) atoms. The summed E-state index contributed by atoms with van der Waals surface area (Å²) in [6.07, 6.45) is 4.71. The van der Waals surface area contributed by atoms with Crippen LogP contribution in [0, 0.1) is 0 Å². The molecular formula is C29H31N5OS. The SMILES string of the molecule is CN1CCN(Cc2cccc(-c3nc(CC(=O)Nc4ccc(Cc5ccncc5)cc4)cs3)c2)CC1. The van der Waals surface area contributed by atoms with E-state index in [1.54, 1.807) is 23.7 Å². The molecule has 1 amide bonds. The first-order valence-corrected chi connectivity index (χ1v) is 13.2. The third-order valence-electron chi connectivity index (χ3n) is 6.46. The summed E-state index contributed by atoms with van der Waals surface area (Å²) in [5, 5.41) is 5.94. The first-order valence-electron chi connectivity index (χ1n) is 12.3. The Morgan fingerprint density at radius 1 is 0.944 bits per heavy atom. The van der Waals surface area contributed by atoms with E-state index in [0.717, 1.165) is 61.1 Å². The van der Waals surface area contributed by atoms with Gasteiger partial charge >= 0.3 is 0 Å². The van der Waals surface area contributed by atoms with Crippen LogP contribution >= 0.6 is 11.3 Å². The van der Waals surface area contributed by atoms with Gasteiger partial charge in [0.25, 0.3) is 0 Å². The average molecular weight is 498 g/mol. The van der Waals surface area contributed by atoms with Crippen LogP contribution in [-0.4, -0.2) is 58.9 Å². The largest absolute Gasteiger partial charge is 0.326 e. The summed E-state index contributed by atoms with van der Waals surface area (Å²) in [5.74, 6) is -0.0578. The lowest BCUT2D eigenvalue weighted by molar-refractivity contribution is -0.115. The highest BCUT2D eigenvalue weighted by molar-refractivity contribution is 7.13. The van der Waals surface area contributed by atoms with E-state index < -0.39 is 0 Å². The third kappa shape index (κ3) is 6.63. The van der Waals surface area contributed by atoms with Crippen LogP contribution in [0.1, 0.15) is 22.4 Å². The molecule has 0 atom stereocenters. The molecule has 6 nitrogen and oxygen atoms in total. The molecule has 0 saturated carbocycles. The van der Waals surface area contributed by atoms with Crippen LogP contribution in [0.3, 0.4) is 0 Å². The highest BCUT2D eigenvalue weighted by atomic mass is 32.1. The number of thiazole rings is 1. The normalized spacial score (nSPS) is 14.6. The van der Waals surface area contributed by atoms with Gasteiger partial charge in [-0.3, -0.25) is 14.7 Å². The van der Waals surface area contributed by atoms with Crippen LogP contribution in [0.5, 0.6) is 0 Å². The molecule has 1 aliphatic heterocycles. The van der Waals surface area contributed by atoms with Gasteiger partial charge in [0.05, 0.1) is 12.1 Å². The molecule has 1 fully saturated rings. The highest BCUT2D eigenvalue weighted by Gasteiger charge is 2.15. The summed E-state index contributed by atoms with van der Waals surface area (Å²) in [6, 6.07) is 20.7. The van der Waals surface area contributed by atoms with Crippen molar-refractivity contribution in [3.63, 3.8) is 0 Å². The number of carbonyl (C=O) groups excluding carboxylic acids is 1. The second kappa shape index (κ2) is 11.6. The zero-order chi connectivity index (χ0) is 24.7. The van der Waals surface area contributed by atoms with E-state index in [0.29, 0.717) is 0 Å². The van der Waals surface area contributed by atoms with Crippen molar-refractivity contribution in [3.8, 4) is 10.6 Å². The molecule has 4 aromatic rings. The number of likely N-dealkylation sites (N-methyl/N-ethyl adjacent to an activating group) is 1. The Morgan fingerprint density at radius 2 is 1.69 bits per heavy atom. The number of amides is 1. The molecule has 1 aliphatic rings. The smallest absolute Gasteiger partial charge is 0.230 e. The molecule has 5 rings (SSSR count). The van der Waals surface area contributed by atoms with E-state index in [4.69, 9.17) is 4.98 Å². The Hall–Kier alpha value is -3.39. The number of aromatic nitrogens is 2.